The van der Waals surface area contributed by atoms with Crippen LogP contribution in [-0.4, -0.2) is 24.1 Å². The number of nitrogens with zero attached hydrogens (tertiary/aromatic N) is 2. The first-order valence-corrected chi connectivity index (χ1v) is 7.59. The van der Waals surface area contributed by atoms with Crippen molar-refractivity contribution in [2.45, 2.75) is 19.6 Å². The van der Waals surface area contributed by atoms with Crippen LogP contribution >= 0.6 is 0 Å². The number of carbonyl (C=O) groups is 1. The number of aromatic nitrogens is 1. The van der Waals surface area contributed by atoms with Gasteiger partial charge < -0.3 is 14.8 Å². The highest BCUT2D eigenvalue weighted by molar-refractivity contribution is 5.91. The zero-order valence-corrected chi connectivity index (χ0v) is 13.8. The standard InChI is InChI=1S/C17H18F3N3O2/c1-3-22(2)14-6-4-5-13(9-14)21-15(24)11-23-10-12(17(18,19)20)7-8-16(23)25/h4-10H,3,11H2,1-2H3,(H,21,24). The summed E-state index contributed by atoms with van der Waals surface area (Å²) in [6.45, 7) is 2.25. The van der Waals surface area contributed by atoms with Crippen molar-refractivity contribution in [3.63, 3.8) is 0 Å². The van der Waals surface area contributed by atoms with Crippen LogP contribution in [0.4, 0.5) is 24.5 Å². The lowest BCUT2D eigenvalue weighted by molar-refractivity contribution is -0.138. The third-order valence-corrected chi connectivity index (χ3v) is 3.67. The van der Waals surface area contributed by atoms with Crippen LogP contribution in [0.3, 0.4) is 0 Å². The van der Waals surface area contributed by atoms with Crippen molar-refractivity contribution in [3.05, 3.63) is 58.5 Å². The molecule has 0 aliphatic rings. The molecule has 0 atom stereocenters. The van der Waals surface area contributed by atoms with Crippen molar-refractivity contribution in [1.29, 1.82) is 0 Å². The molecule has 0 bridgehead atoms. The average molecular weight is 353 g/mol. The fourth-order valence-corrected chi connectivity index (χ4v) is 2.18. The number of nitrogens with one attached hydrogen (secondary N) is 1. The van der Waals surface area contributed by atoms with E-state index in [0.29, 0.717) is 18.0 Å². The number of carbonyl (C=O) groups excluding carboxylic acids is 1. The highest BCUT2D eigenvalue weighted by Gasteiger charge is 2.31. The molecule has 1 heterocycles. The first-order chi connectivity index (χ1) is 11.7. The Hall–Kier alpha value is -2.77. The first-order valence-electron chi connectivity index (χ1n) is 7.59. The molecule has 134 valence electrons. The minimum Gasteiger partial charge on any atom is -0.375 e. The second-order valence-corrected chi connectivity index (χ2v) is 5.49. The fraction of sp³-hybridized carbons (Fsp3) is 0.294. The Morgan fingerprint density at radius 1 is 1.24 bits per heavy atom. The Morgan fingerprint density at radius 3 is 2.60 bits per heavy atom. The van der Waals surface area contributed by atoms with E-state index in [1.165, 1.54) is 0 Å². The Morgan fingerprint density at radius 2 is 1.96 bits per heavy atom. The van der Waals surface area contributed by atoms with Gasteiger partial charge in [-0.3, -0.25) is 9.59 Å². The topological polar surface area (TPSA) is 54.3 Å². The van der Waals surface area contributed by atoms with E-state index in [0.717, 1.165) is 22.9 Å². The van der Waals surface area contributed by atoms with Gasteiger partial charge in [0, 0.05) is 37.2 Å². The molecule has 0 aliphatic heterocycles. The summed E-state index contributed by atoms with van der Waals surface area (Å²) in [6, 6.07) is 8.54. The quantitative estimate of drug-likeness (QED) is 0.899. The monoisotopic (exact) mass is 353 g/mol. The lowest BCUT2D eigenvalue weighted by atomic mass is 10.2. The molecule has 0 spiro atoms. The summed E-state index contributed by atoms with van der Waals surface area (Å²) < 4.78 is 38.9. The van der Waals surface area contributed by atoms with Crippen LogP contribution in [0, 0.1) is 0 Å². The molecule has 0 saturated heterocycles. The number of benzene rings is 1. The van der Waals surface area contributed by atoms with Gasteiger partial charge in [-0.15, -0.1) is 0 Å². The summed E-state index contributed by atoms with van der Waals surface area (Å²) in [7, 11) is 1.89. The Kier molecular flexibility index (Phi) is 5.51. The average Bonchev–Trinajstić information content (AvgIpc) is 2.55. The van der Waals surface area contributed by atoms with Gasteiger partial charge in [0.05, 0.1) is 5.56 Å². The molecule has 25 heavy (non-hydrogen) atoms. The lowest BCUT2D eigenvalue weighted by Crippen LogP contribution is -2.28. The van der Waals surface area contributed by atoms with E-state index in [1.807, 2.05) is 24.9 Å². The molecule has 0 aliphatic carbocycles. The minimum absolute atomic E-state index is 0.503. The smallest absolute Gasteiger partial charge is 0.375 e. The van der Waals surface area contributed by atoms with Crippen molar-refractivity contribution in [2.24, 2.45) is 0 Å². The summed E-state index contributed by atoms with van der Waals surface area (Å²) in [5, 5.41) is 2.59. The molecular weight excluding hydrogens is 335 g/mol. The molecule has 1 amide bonds. The van der Waals surface area contributed by atoms with Crippen molar-refractivity contribution in [3.8, 4) is 0 Å². The molecule has 1 aromatic carbocycles. The number of halogens is 3. The minimum atomic E-state index is -4.58. The zero-order valence-electron chi connectivity index (χ0n) is 13.8. The molecule has 5 nitrogen and oxygen atoms in total. The van der Waals surface area contributed by atoms with Crippen LogP contribution < -0.4 is 15.8 Å². The molecular formula is C17H18F3N3O2. The predicted molar refractivity (Wildman–Crippen MR) is 89.7 cm³/mol. The van der Waals surface area contributed by atoms with Crippen LogP contribution in [0.5, 0.6) is 0 Å². The van der Waals surface area contributed by atoms with Crippen molar-refractivity contribution in [1.82, 2.24) is 4.57 Å². The molecule has 2 aromatic rings. The van der Waals surface area contributed by atoms with Gasteiger partial charge in [-0.2, -0.15) is 13.2 Å². The third-order valence-electron chi connectivity index (χ3n) is 3.67. The maximum absolute atomic E-state index is 12.7. The van der Waals surface area contributed by atoms with Crippen molar-refractivity contribution >= 4 is 17.3 Å². The number of anilines is 2. The maximum Gasteiger partial charge on any atom is 0.417 e. The van der Waals surface area contributed by atoms with Gasteiger partial charge in [-0.25, -0.2) is 0 Å². The Balaban J connectivity index is 2.14. The molecule has 2 rings (SSSR count). The van der Waals surface area contributed by atoms with Crippen LogP contribution in [0.1, 0.15) is 12.5 Å². The number of alkyl halides is 3. The Bertz CT molecular complexity index is 815. The summed E-state index contributed by atoms with van der Waals surface area (Å²) in [5.41, 5.74) is -0.270. The van der Waals surface area contributed by atoms with E-state index in [9.17, 15) is 22.8 Å². The number of pyridine rings is 1. The summed E-state index contributed by atoms with van der Waals surface area (Å²) in [6.07, 6.45) is -3.94. The lowest BCUT2D eigenvalue weighted by Gasteiger charge is -2.17. The van der Waals surface area contributed by atoms with Gasteiger partial charge in [0.1, 0.15) is 6.54 Å². The highest BCUT2D eigenvalue weighted by atomic mass is 19.4. The van der Waals surface area contributed by atoms with E-state index in [-0.39, 0.29) is 0 Å². The summed E-state index contributed by atoms with van der Waals surface area (Å²) >= 11 is 0. The molecule has 0 unspecified atom stereocenters. The van der Waals surface area contributed by atoms with Crippen LogP contribution in [0.2, 0.25) is 0 Å². The summed E-state index contributed by atoms with van der Waals surface area (Å²) in [5.74, 6) is -0.585. The first kappa shape index (κ1) is 18.6. The number of amides is 1. The van der Waals surface area contributed by atoms with Crippen molar-refractivity contribution < 1.29 is 18.0 Å². The van der Waals surface area contributed by atoms with Gasteiger partial charge in [-0.1, -0.05) is 6.07 Å². The maximum atomic E-state index is 12.7. The number of hydrogen-bond acceptors (Lipinski definition) is 3. The molecule has 8 heteroatoms. The molecule has 1 aromatic heterocycles. The molecule has 0 fully saturated rings. The Labute approximate surface area is 142 Å². The van der Waals surface area contributed by atoms with Crippen LogP contribution in [-0.2, 0) is 17.5 Å². The second-order valence-electron chi connectivity index (χ2n) is 5.49. The van der Waals surface area contributed by atoms with E-state index >= 15 is 0 Å². The van der Waals surface area contributed by atoms with E-state index in [4.69, 9.17) is 0 Å². The van der Waals surface area contributed by atoms with E-state index in [2.05, 4.69) is 5.32 Å². The van der Waals surface area contributed by atoms with Gasteiger partial charge >= 0.3 is 6.18 Å². The van der Waals surface area contributed by atoms with E-state index < -0.39 is 29.8 Å². The normalized spacial score (nSPS) is 11.2. The largest absolute Gasteiger partial charge is 0.417 e. The van der Waals surface area contributed by atoms with Gasteiger partial charge in [-0.05, 0) is 31.2 Å². The highest BCUT2D eigenvalue weighted by Crippen LogP contribution is 2.28. The van der Waals surface area contributed by atoms with E-state index in [1.54, 1.807) is 18.2 Å². The number of rotatable bonds is 5. The molecule has 0 radical (unpaired) electrons. The predicted octanol–water partition coefficient (Wildman–Crippen LogP) is 2.96. The van der Waals surface area contributed by atoms with Gasteiger partial charge in [0.25, 0.3) is 5.56 Å². The molecule has 1 N–H and O–H groups in total. The van der Waals surface area contributed by atoms with Crippen LogP contribution in [0.15, 0.2) is 47.4 Å². The zero-order chi connectivity index (χ0) is 18.6. The van der Waals surface area contributed by atoms with Crippen LogP contribution in [0.25, 0.3) is 0 Å². The fourth-order valence-electron chi connectivity index (χ4n) is 2.18. The summed E-state index contributed by atoms with van der Waals surface area (Å²) in [4.78, 5) is 25.7. The van der Waals surface area contributed by atoms with Crippen molar-refractivity contribution in [2.75, 3.05) is 23.8 Å². The molecule has 0 saturated carbocycles. The number of hydrogen-bond donors (Lipinski definition) is 1. The van der Waals surface area contributed by atoms with Gasteiger partial charge in [0.2, 0.25) is 5.91 Å². The SMILES string of the molecule is CCN(C)c1cccc(NC(=O)Cn2cc(C(F)(F)F)ccc2=O)c1. The third kappa shape index (κ3) is 4.85. The van der Waals surface area contributed by atoms with Gasteiger partial charge in [0.15, 0.2) is 0 Å². The second kappa shape index (κ2) is 7.42.